The van der Waals surface area contributed by atoms with E-state index in [4.69, 9.17) is 11.6 Å². The van der Waals surface area contributed by atoms with E-state index in [9.17, 15) is 21.6 Å². The molecule has 2 aromatic rings. The predicted molar refractivity (Wildman–Crippen MR) is 81.1 cm³/mol. The quantitative estimate of drug-likeness (QED) is 0.777. The first-order valence-electron chi connectivity index (χ1n) is 6.14. The normalized spacial score (nSPS) is 12.6. The molecule has 0 N–H and O–H groups in total. The third kappa shape index (κ3) is 4.84. The lowest BCUT2D eigenvalue weighted by Gasteiger charge is -2.17. The van der Waals surface area contributed by atoms with E-state index in [0.29, 0.717) is 9.21 Å². The van der Waals surface area contributed by atoms with Gasteiger partial charge in [-0.25, -0.2) is 8.42 Å². The van der Waals surface area contributed by atoms with Crippen LogP contribution in [0.5, 0.6) is 5.75 Å². The van der Waals surface area contributed by atoms with Crippen LogP contribution < -0.4 is 4.74 Å². The Balaban J connectivity index is 2.23. The fraction of sp³-hybridized carbons (Fsp3) is 0.231. The van der Waals surface area contributed by atoms with Gasteiger partial charge in [-0.2, -0.15) is 4.31 Å². The summed E-state index contributed by atoms with van der Waals surface area (Å²) >= 11 is 7.01. The lowest BCUT2D eigenvalue weighted by molar-refractivity contribution is -0.274. The van der Waals surface area contributed by atoms with Crippen molar-refractivity contribution in [2.45, 2.75) is 17.8 Å². The van der Waals surface area contributed by atoms with Crippen molar-refractivity contribution in [3.63, 3.8) is 0 Å². The van der Waals surface area contributed by atoms with Crippen molar-refractivity contribution in [1.82, 2.24) is 4.31 Å². The van der Waals surface area contributed by atoms with Gasteiger partial charge in [-0.3, -0.25) is 0 Å². The van der Waals surface area contributed by atoms with Gasteiger partial charge in [-0.05, 0) is 24.3 Å². The second-order valence-corrected chi connectivity index (χ2v) is 8.33. The number of nitrogens with zero attached hydrogens (tertiary/aromatic N) is 1. The number of rotatable bonds is 5. The van der Waals surface area contributed by atoms with Crippen LogP contribution in [0.25, 0.3) is 0 Å². The summed E-state index contributed by atoms with van der Waals surface area (Å²) in [5.74, 6) is -0.592. The van der Waals surface area contributed by atoms with E-state index in [0.717, 1.165) is 16.4 Å². The van der Waals surface area contributed by atoms with Crippen LogP contribution in [0.2, 0.25) is 4.34 Å². The topological polar surface area (TPSA) is 46.6 Å². The Kier molecular flexibility index (Phi) is 5.24. The number of hydrogen-bond donors (Lipinski definition) is 0. The van der Waals surface area contributed by atoms with Crippen molar-refractivity contribution >= 4 is 33.0 Å². The third-order valence-corrected chi connectivity index (χ3v) is 5.77. The second kappa shape index (κ2) is 6.68. The standard InChI is InChI=1S/C13H11ClF3NO3S2/c1-18(8-10-5-6-12(14)22-10)23(19,20)11-4-2-3-9(7-11)21-13(15,16)17/h2-7H,8H2,1H3. The summed E-state index contributed by atoms with van der Waals surface area (Å²) in [6, 6.07) is 7.58. The molecule has 0 bridgehead atoms. The number of thiophene rings is 1. The Morgan fingerprint density at radius 2 is 1.96 bits per heavy atom. The SMILES string of the molecule is CN(Cc1ccc(Cl)s1)S(=O)(=O)c1cccc(OC(F)(F)F)c1. The highest BCUT2D eigenvalue weighted by molar-refractivity contribution is 7.89. The molecule has 0 fully saturated rings. The first-order chi connectivity index (χ1) is 10.6. The molecule has 0 aliphatic heterocycles. The summed E-state index contributed by atoms with van der Waals surface area (Å²) in [5.41, 5.74) is 0. The van der Waals surface area contributed by atoms with Crippen LogP contribution in [0.15, 0.2) is 41.3 Å². The Morgan fingerprint density at radius 1 is 1.26 bits per heavy atom. The average molecular weight is 386 g/mol. The van der Waals surface area contributed by atoms with Crippen molar-refractivity contribution < 1.29 is 26.3 Å². The maximum atomic E-state index is 12.4. The van der Waals surface area contributed by atoms with Crippen LogP contribution in [0.1, 0.15) is 4.88 Å². The Morgan fingerprint density at radius 3 is 2.52 bits per heavy atom. The lowest BCUT2D eigenvalue weighted by Crippen LogP contribution is -2.26. The van der Waals surface area contributed by atoms with Crippen LogP contribution in [0.4, 0.5) is 13.2 Å². The molecular formula is C13H11ClF3NO3S2. The van der Waals surface area contributed by atoms with Gasteiger partial charge in [0.1, 0.15) is 5.75 Å². The summed E-state index contributed by atoms with van der Waals surface area (Å²) in [6.07, 6.45) is -4.89. The summed E-state index contributed by atoms with van der Waals surface area (Å²) < 4.78 is 66.8. The molecule has 126 valence electrons. The van der Waals surface area contributed by atoms with Crippen LogP contribution in [0, 0.1) is 0 Å². The van der Waals surface area contributed by atoms with Gasteiger partial charge in [0.15, 0.2) is 0 Å². The van der Waals surface area contributed by atoms with Gasteiger partial charge >= 0.3 is 6.36 Å². The van der Waals surface area contributed by atoms with Crippen molar-refractivity contribution in [3.05, 3.63) is 45.6 Å². The highest BCUT2D eigenvalue weighted by Gasteiger charge is 2.32. The maximum absolute atomic E-state index is 12.4. The minimum Gasteiger partial charge on any atom is -0.406 e. The number of benzene rings is 1. The summed E-state index contributed by atoms with van der Waals surface area (Å²) in [7, 11) is -2.62. The molecular weight excluding hydrogens is 375 g/mol. The molecule has 0 atom stereocenters. The van der Waals surface area contributed by atoms with E-state index in [-0.39, 0.29) is 11.4 Å². The molecule has 0 saturated heterocycles. The summed E-state index contributed by atoms with van der Waals surface area (Å²) in [5, 5.41) is 0. The second-order valence-electron chi connectivity index (χ2n) is 4.49. The molecule has 1 aromatic heterocycles. The average Bonchev–Trinajstić information content (AvgIpc) is 2.82. The Hall–Kier alpha value is -1.29. The van der Waals surface area contributed by atoms with Crippen LogP contribution in [0.3, 0.4) is 0 Å². The first kappa shape index (κ1) is 18.1. The monoisotopic (exact) mass is 385 g/mol. The molecule has 0 amide bonds. The van der Waals surface area contributed by atoms with Crippen molar-refractivity contribution in [2.75, 3.05) is 7.05 Å². The van der Waals surface area contributed by atoms with E-state index in [2.05, 4.69) is 4.74 Å². The zero-order valence-corrected chi connectivity index (χ0v) is 14.1. The van der Waals surface area contributed by atoms with Crippen LogP contribution >= 0.6 is 22.9 Å². The number of alkyl halides is 3. The van der Waals surface area contributed by atoms with Gasteiger partial charge in [0, 0.05) is 24.5 Å². The van der Waals surface area contributed by atoms with Gasteiger partial charge in [0.25, 0.3) is 0 Å². The zero-order valence-electron chi connectivity index (χ0n) is 11.7. The smallest absolute Gasteiger partial charge is 0.406 e. The third-order valence-electron chi connectivity index (χ3n) is 2.75. The highest BCUT2D eigenvalue weighted by Crippen LogP contribution is 2.28. The molecule has 0 spiro atoms. The molecule has 0 unspecified atom stereocenters. The molecule has 2 rings (SSSR count). The van der Waals surface area contributed by atoms with Crippen molar-refractivity contribution in [1.29, 1.82) is 0 Å². The summed E-state index contributed by atoms with van der Waals surface area (Å²) in [4.78, 5) is 0.424. The number of ether oxygens (including phenoxy) is 1. The molecule has 0 saturated carbocycles. The first-order valence-corrected chi connectivity index (χ1v) is 8.78. The molecule has 4 nitrogen and oxygen atoms in total. The van der Waals surface area contributed by atoms with Crippen molar-refractivity contribution in [3.8, 4) is 5.75 Å². The van der Waals surface area contributed by atoms with Crippen molar-refractivity contribution in [2.24, 2.45) is 0 Å². The zero-order chi connectivity index (χ0) is 17.3. The fourth-order valence-corrected chi connectivity index (χ4v) is 4.16. The molecule has 1 aromatic carbocycles. The molecule has 1 heterocycles. The highest BCUT2D eigenvalue weighted by atomic mass is 35.5. The van der Waals surface area contributed by atoms with E-state index in [1.54, 1.807) is 12.1 Å². The van der Waals surface area contributed by atoms with Gasteiger partial charge in [0.2, 0.25) is 10.0 Å². The van der Waals surface area contributed by atoms with Gasteiger partial charge < -0.3 is 4.74 Å². The van der Waals surface area contributed by atoms with Gasteiger partial charge in [0.05, 0.1) is 9.23 Å². The van der Waals surface area contributed by atoms with E-state index in [1.165, 1.54) is 30.5 Å². The molecule has 0 aliphatic carbocycles. The lowest BCUT2D eigenvalue weighted by atomic mass is 10.3. The minimum atomic E-state index is -4.89. The minimum absolute atomic E-state index is 0.0596. The molecule has 10 heteroatoms. The van der Waals surface area contributed by atoms with Crippen LogP contribution in [-0.4, -0.2) is 26.1 Å². The van der Waals surface area contributed by atoms with E-state index < -0.39 is 22.1 Å². The predicted octanol–water partition coefficient (Wildman–Crippen LogP) is 4.12. The number of hydrogen-bond acceptors (Lipinski definition) is 4. The summed E-state index contributed by atoms with van der Waals surface area (Å²) in [6.45, 7) is 0.0596. The molecule has 23 heavy (non-hydrogen) atoms. The number of halogens is 4. The Labute approximate surface area is 140 Å². The van der Waals surface area contributed by atoms with E-state index in [1.807, 2.05) is 0 Å². The molecule has 0 radical (unpaired) electrons. The largest absolute Gasteiger partial charge is 0.573 e. The number of sulfonamides is 1. The maximum Gasteiger partial charge on any atom is 0.573 e. The van der Waals surface area contributed by atoms with Gasteiger partial charge in [-0.1, -0.05) is 17.7 Å². The molecule has 0 aliphatic rings. The Bertz CT molecular complexity index is 790. The van der Waals surface area contributed by atoms with E-state index >= 15 is 0 Å². The fourth-order valence-electron chi connectivity index (χ4n) is 1.75. The van der Waals surface area contributed by atoms with Crippen LogP contribution in [-0.2, 0) is 16.6 Å². The van der Waals surface area contributed by atoms with Gasteiger partial charge in [-0.15, -0.1) is 24.5 Å².